The molecule has 0 saturated heterocycles. The number of nitrogens with one attached hydrogen (secondary N) is 2. The average Bonchev–Trinajstić information content (AvgIpc) is 3.09. The molecule has 1 aliphatic rings. The number of thioether (sulfide) groups is 1. The minimum Gasteiger partial charge on any atom is -0.495 e. The van der Waals surface area contributed by atoms with Crippen LogP contribution in [0, 0.1) is 0 Å². The van der Waals surface area contributed by atoms with Gasteiger partial charge in [0.2, 0.25) is 5.91 Å². The van der Waals surface area contributed by atoms with Crippen LogP contribution in [0.5, 0.6) is 5.75 Å². The van der Waals surface area contributed by atoms with Crippen LogP contribution in [0.2, 0.25) is 5.02 Å². The van der Waals surface area contributed by atoms with E-state index in [0.717, 1.165) is 23.7 Å². The van der Waals surface area contributed by atoms with Crippen molar-refractivity contribution in [3.8, 4) is 5.75 Å². The lowest BCUT2D eigenvalue weighted by Gasteiger charge is -2.21. The van der Waals surface area contributed by atoms with Gasteiger partial charge in [-0.2, -0.15) is 0 Å². The normalized spacial score (nSPS) is 15.6. The van der Waals surface area contributed by atoms with Crippen molar-refractivity contribution in [2.24, 2.45) is 4.99 Å². The largest absolute Gasteiger partial charge is 0.495 e. The SMILES string of the molecule is CCC1=NC(SCC(=O)Nc2ccc(OC)c(Cl)c2)c2cc(CC)sc2N1. The maximum atomic E-state index is 12.4. The topological polar surface area (TPSA) is 62.7 Å². The molecule has 1 aliphatic heterocycles. The Labute approximate surface area is 172 Å². The minimum atomic E-state index is -0.0829. The number of benzene rings is 1. The molecular weight excluding hydrogens is 402 g/mol. The van der Waals surface area contributed by atoms with Crippen molar-refractivity contribution in [1.29, 1.82) is 0 Å². The molecule has 0 saturated carbocycles. The molecular formula is C19H22ClN3O2S2. The van der Waals surface area contributed by atoms with Gasteiger partial charge in [-0.1, -0.05) is 25.4 Å². The number of aryl methyl sites for hydroxylation is 1. The summed E-state index contributed by atoms with van der Waals surface area (Å²) < 4.78 is 5.13. The number of carbonyl (C=O) groups excluding carboxylic acids is 1. The molecule has 1 atom stereocenters. The summed E-state index contributed by atoms with van der Waals surface area (Å²) in [7, 11) is 1.56. The molecule has 3 rings (SSSR count). The van der Waals surface area contributed by atoms with Crippen molar-refractivity contribution < 1.29 is 9.53 Å². The molecule has 1 amide bonds. The molecule has 5 nitrogen and oxygen atoms in total. The number of nitrogens with zero attached hydrogens (tertiary/aromatic N) is 1. The van der Waals surface area contributed by atoms with Gasteiger partial charge in [0.05, 0.1) is 17.9 Å². The van der Waals surface area contributed by atoms with E-state index >= 15 is 0 Å². The molecule has 0 aliphatic carbocycles. The molecule has 27 heavy (non-hydrogen) atoms. The first-order valence-corrected chi connectivity index (χ1v) is 11.0. The van der Waals surface area contributed by atoms with E-state index in [2.05, 4.69) is 30.5 Å². The van der Waals surface area contributed by atoms with Gasteiger partial charge in [-0.3, -0.25) is 9.79 Å². The van der Waals surface area contributed by atoms with Crippen LogP contribution >= 0.6 is 34.7 Å². The molecule has 8 heteroatoms. The van der Waals surface area contributed by atoms with Crippen molar-refractivity contribution in [2.75, 3.05) is 23.5 Å². The standard InChI is InChI=1S/C19H22ClN3O2S2/c1-4-12-9-13-18(22-16(5-2)23-19(13)27-12)26-10-17(24)21-11-6-7-15(25-3)14(20)8-11/h6-9,18H,4-5,10H2,1-3H3,(H,21,24)(H,22,23). The zero-order valence-corrected chi connectivity index (χ0v) is 17.9. The molecule has 0 radical (unpaired) electrons. The number of rotatable bonds is 7. The smallest absolute Gasteiger partial charge is 0.234 e. The van der Waals surface area contributed by atoms with Crippen LogP contribution in [-0.2, 0) is 11.2 Å². The van der Waals surface area contributed by atoms with E-state index in [0.29, 0.717) is 22.2 Å². The molecule has 0 fully saturated rings. The molecule has 2 N–H and O–H groups in total. The fourth-order valence-corrected chi connectivity index (χ4v) is 5.02. The Morgan fingerprint density at radius 1 is 1.37 bits per heavy atom. The summed E-state index contributed by atoms with van der Waals surface area (Å²) in [5, 5.41) is 7.84. The highest BCUT2D eigenvalue weighted by molar-refractivity contribution is 8.00. The predicted octanol–water partition coefficient (Wildman–Crippen LogP) is 5.58. The third-order valence-electron chi connectivity index (χ3n) is 4.10. The summed E-state index contributed by atoms with van der Waals surface area (Å²) >= 11 is 9.41. The van der Waals surface area contributed by atoms with Crippen LogP contribution in [0.15, 0.2) is 29.3 Å². The van der Waals surface area contributed by atoms with Crippen molar-refractivity contribution in [3.05, 3.63) is 39.7 Å². The van der Waals surface area contributed by atoms with Crippen LogP contribution in [-0.4, -0.2) is 24.6 Å². The number of methoxy groups -OCH3 is 1. The van der Waals surface area contributed by atoms with Gasteiger partial charge < -0.3 is 15.4 Å². The zero-order valence-electron chi connectivity index (χ0n) is 15.5. The van der Waals surface area contributed by atoms with Crippen molar-refractivity contribution >= 4 is 57.1 Å². The highest BCUT2D eigenvalue weighted by atomic mass is 35.5. The highest BCUT2D eigenvalue weighted by Gasteiger charge is 2.24. The number of amidine groups is 1. The second-order valence-electron chi connectivity index (χ2n) is 5.97. The van der Waals surface area contributed by atoms with E-state index in [1.165, 1.54) is 22.2 Å². The molecule has 2 aromatic rings. The number of amides is 1. The number of thiophene rings is 1. The molecule has 144 valence electrons. The Hall–Kier alpha value is -1.70. The second kappa shape index (κ2) is 8.99. The number of aliphatic imine (C=N–C) groups is 1. The fraction of sp³-hybridized carbons (Fsp3) is 0.368. The first-order valence-electron chi connectivity index (χ1n) is 8.75. The monoisotopic (exact) mass is 423 g/mol. The lowest BCUT2D eigenvalue weighted by molar-refractivity contribution is -0.113. The summed E-state index contributed by atoms with van der Waals surface area (Å²) in [5.74, 6) is 1.77. The van der Waals surface area contributed by atoms with Crippen LogP contribution in [0.3, 0.4) is 0 Å². The fourth-order valence-electron chi connectivity index (χ4n) is 2.69. The summed E-state index contributed by atoms with van der Waals surface area (Å²) in [6.45, 7) is 4.22. The maximum absolute atomic E-state index is 12.4. The Kier molecular flexibility index (Phi) is 6.68. The summed E-state index contributed by atoms with van der Waals surface area (Å²) in [6.07, 6.45) is 1.84. The molecule has 2 heterocycles. The van der Waals surface area contributed by atoms with E-state index in [-0.39, 0.29) is 11.3 Å². The lowest BCUT2D eigenvalue weighted by Crippen LogP contribution is -2.19. The lowest BCUT2D eigenvalue weighted by atomic mass is 10.2. The van der Waals surface area contributed by atoms with E-state index in [1.807, 2.05) is 0 Å². The Bertz CT molecular complexity index is 867. The van der Waals surface area contributed by atoms with Gasteiger partial charge in [-0.05, 0) is 30.7 Å². The van der Waals surface area contributed by atoms with Crippen molar-refractivity contribution in [3.63, 3.8) is 0 Å². The number of hydrogen-bond donors (Lipinski definition) is 2. The van der Waals surface area contributed by atoms with Gasteiger partial charge >= 0.3 is 0 Å². The quantitative estimate of drug-likeness (QED) is 0.610. The predicted molar refractivity (Wildman–Crippen MR) is 117 cm³/mol. The van der Waals surface area contributed by atoms with Crippen LogP contribution in [0.25, 0.3) is 0 Å². The van der Waals surface area contributed by atoms with E-state index in [1.54, 1.807) is 36.6 Å². The van der Waals surface area contributed by atoms with E-state index in [4.69, 9.17) is 21.3 Å². The third kappa shape index (κ3) is 4.78. The summed E-state index contributed by atoms with van der Waals surface area (Å²) in [5.41, 5.74) is 1.82. The molecule has 1 unspecified atom stereocenters. The number of anilines is 2. The highest BCUT2D eigenvalue weighted by Crippen LogP contribution is 2.43. The Morgan fingerprint density at radius 3 is 2.85 bits per heavy atom. The van der Waals surface area contributed by atoms with Crippen LogP contribution in [0.4, 0.5) is 10.7 Å². The molecule has 0 bridgehead atoms. The third-order valence-corrected chi connectivity index (χ3v) is 6.71. The number of halogens is 1. The Balaban J connectivity index is 1.65. The van der Waals surface area contributed by atoms with Crippen LogP contribution in [0.1, 0.15) is 36.1 Å². The van der Waals surface area contributed by atoms with Crippen molar-refractivity contribution in [2.45, 2.75) is 32.1 Å². The van der Waals surface area contributed by atoms with Gasteiger partial charge in [0.25, 0.3) is 0 Å². The van der Waals surface area contributed by atoms with Crippen molar-refractivity contribution in [1.82, 2.24) is 0 Å². The number of hydrogen-bond acceptors (Lipinski definition) is 6. The number of carbonyl (C=O) groups is 1. The minimum absolute atomic E-state index is 0.0574. The number of fused-ring (bicyclic) bond motifs is 1. The first-order chi connectivity index (χ1) is 13.0. The molecule has 1 aromatic heterocycles. The zero-order chi connectivity index (χ0) is 19.4. The van der Waals surface area contributed by atoms with Gasteiger partial charge in [-0.15, -0.1) is 23.1 Å². The molecule has 0 spiro atoms. The van der Waals surface area contributed by atoms with Gasteiger partial charge in [-0.25, -0.2) is 0 Å². The summed E-state index contributed by atoms with van der Waals surface area (Å²) in [6, 6.07) is 7.39. The molecule has 1 aromatic carbocycles. The van der Waals surface area contributed by atoms with Gasteiger partial charge in [0.15, 0.2) is 0 Å². The first kappa shape index (κ1) is 20.0. The van der Waals surface area contributed by atoms with Crippen LogP contribution < -0.4 is 15.4 Å². The average molecular weight is 424 g/mol. The Morgan fingerprint density at radius 2 is 2.19 bits per heavy atom. The van der Waals surface area contributed by atoms with Gasteiger partial charge in [0, 0.05) is 22.5 Å². The van der Waals surface area contributed by atoms with E-state index < -0.39 is 0 Å². The van der Waals surface area contributed by atoms with E-state index in [9.17, 15) is 4.79 Å². The summed E-state index contributed by atoms with van der Waals surface area (Å²) in [4.78, 5) is 18.5. The number of ether oxygens (including phenoxy) is 1. The maximum Gasteiger partial charge on any atom is 0.234 e. The van der Waals surface area contributed by atoms with Gasteiger partial charge in [0.1, 0.15) is 22.0 Å². The second-order valence-corrected chi connectivity index (χ2v) is 8.58.